The molecule has 2 aromatic rings. The maximum Gasteiger partial charge on any atom is 0.339 e. The summed E-state index contributed by atoms with van der Waals surface area (Å²) < 4.78 is 5.56. The van der Waals surface area contributed by atoms with Crippen LogP contribution in [0.15, 0.2) is 42.5 Å². The van der Waals surface area contributed by atoms with Gasteiger partial charge in [-0.3, -0.25) is 4.79 Å². The van der Waals surface area contributed by atoms with Crippen LogP contribution >= 0.6 is 0 Å². The number of fused-ring (bicyclic) bond motifs is 3. The van der Waals surface area contributed by atoms with Crippen LogP contribution in [0.4, 0.5) is 5.69 Å². The van der Waals surface area contributed by atoms with Crippen molar-refractivity contribution in [3.63, 3.8) is 0 Å². The predicted molar refractivity (Wildman–Crippen MR) is 129 cm³/mol. The lowest BCUT2D eigenvalue weighted by atomic mass is 9.88. The molecule has 2 aromatic carbocycles. The van der Waals surface area contributed by atoms with E-state index in [1.54, 1.807) is 18.2 Å². The van der Waals surface area contributed by atoms with E-state index in [2.05, 4.69) is 47.9 Å². The molecule has 1 N–H and O–H groups in total. The first-order chi connectivity index (χ1) is 15.9. The molecule has 2 aliphatic rings. The summed E-state index contributed by atoms with van der Waals surface area (Å²) in [6, 6.07) is 13.5. The Bertz CT molecular complexity index is 1020. The summed E-state index contributed by atoms with van der Waals surface area (Å²) in [5.41, 5.74) is 3.39. The average Bonchev–Trinajstić information content (AvgIpc) is 2.79. The summed E-state index contributed by atoms with van der Waals surface area (Å²) in [5, 5.41) is 9.45. The molecular weight excluding hydrogens is 416 g/mol. The molecule has 0 aliphatic carbocycles. The first-order valence-corrected chi connectivity index (χ1v) is 12.1. The number of benzene rings is 2. The number of anilines is 1. The third-order valence-corrected chi connectivity index (χ3v) is 6.65. The fourth-order valence-corrected chi connectivity index (χ4v) is 5.29. The second kappa shape index (κ2) is 9.86. The Morgan fingerprint density at radius 3 is 2.67 bits per heavy atom. The monoisotopic (exact) mass is 450 g/mol. The zero-order valence-corrected chi connectivity index (χ0v) is 19.8. The highest BCUT2D eigenvalue weighted by molar-refractivity contribution is 5.91. The van der Waals surface area contributed by atoms with Gasteiger partial charge in [0.1, 0.15) is 17.5 Å². The normalized spacial score (nSPS) is 19.8. The Morgan fingerprint density at radius 2 is 1.94 bits per heavy atom. The van der Waals surface area contributed by atoms with Crippen molar-refractivity contribution in [3.05, 3.63) is 59.2 Å². The molecule has 6 heteroatoms. The van der Waals surface area contributed by atoms with Crippen LogP contribution < -0.4 is 9.64 Å². The molecule has 1 saturated heterocycles. The van der Waals surface area contributed by atoms with Crippen LogP contribution in [0.3, 0.4) is 0 Å². The molecule has 2 heterocycles. The third-order valence-electron chi connectivity index (χ3n) is 6.65. The molecule has 2 aliphatic heterocycles. The summed E-state index contributed by atoms with van der Waals surface area (Å²) in [6.07, 6.45) is 4.42. The number of aromatic carboxylic acids is 1. The van der Waals surface area contributed by atoms with Gasteiger partial charge < -0.3 is 19.6 Å². The summed E-state index contributed by atoms with van der Waals surface area (Å²) in [6.45, 7) is 7.56. The Morgan fingerprint density at radius 1 is 1.15 bits per heavy atom. The number of carbonyl (C=O) groups excluding carboxylic acids is 1. The smallest absolute Gasteiger partial charge is 0.339 e. The minimum Gasteiger partial charge on any atom is -0.493 e. The van der Waals surface area contributed by atoms with E-state index in [4.69, 9.17) is 4.74 Å². The molecule has 0 spiro atoms. The Kier molecular flexibility index (Phi) is 6.91. The Hall–Kier alpha value is -3.02. The lowest BCUT2D eigenvalue weighted by Crippen LogP contribution is -2.58. The van der Waals surface area contributed by atoms with Gasteiger partial charge in [-0.25, -0.2) is 4.79 Å². The number of carbonyl (C=O) groups is 2. The molecule has 4 rings (SSSR count). The van der Waals surface area contributed by atoms with Gasteiger partial charge in [0.25, 0.3) is 0 Å². The second-order valence-corrected chi connectivity index (χ2v) is 9.42. The number of carboxylic acids is 1. The SMILES string of the molecule is CCOc1cc(CC(=O)N2[C@@H]3CCCCN3c3ccccc3[C@@H]2CC(C)C)ccc1C(=O)O. The molecule has 33 heavy (non-hydrogen) atoms. The average molecular weight is 451 g/mol. The summed E-state index contributed by atoms with van der Waals surface area (Å²) in [5.74, 6) is -0.179. The molecule has 176 valence electrons. The third kappa shape index (κ3) is 4.70. The minimum atomic E-state index is -1.03. The Balaban J connectivity index is 1.69. The van der Waals surface area contributed by atoms with Gasteiger partial charge >= 0.3 is 5.97 Å². The van der Waals surface area contributed by atoms with Crippen molar-refractivity contribution in [3.8, 4) is 5.75 Å². The van der Waals surface area contributed by atoms with Crippen molar-refractivity contribution in [1.82, 2.24) is 4.90 Å². The molecule has 6 nitrogen and oxygen atoms in total. The standard InChI is InChI=1S/C27H34N2O4/c1-4-33-24-16-19(12-13-21(24)27(31)32)17-26(30)29-23(15-18(2)3)20-9-5-6-10-22(20)28-14-8-7-11-25(28)29/h5-6,9-10,12-13,16,18,23,25H,4,7-8,11,14-15,17H2,1-3H3,(H,31,32)/t23-,25+/m0/s1. The number of nitrogens with zero attached hydrogens (tertiary/aromatic N) is 2. The van der Waals surface area contributed by atoms with Crippen LogP contribution in [0.5, 0.6) is 5.75 Å². The number of ether oxygens (including phenoxy) is 1. The van der Waals surface area contributed by atoms with Gasteiger partial charge in [0, 0.05) is 12.2 Å². The van der Waals surface area contributed by atoms with Crippen molar-refractivity contribution in [2.24, 2.45) is 5.92 Å². The van der Waals surface area contributed by atoms with E-state index in [9.17, 15) is 14.7 Å². The Labute approximate surface area is 196 Å². The van der Waals surface area contributed by atoms with Gasteiger partial charge in [0.05, 0.1) is 19.1 Å². The van der Waals surface area contributed by atoms with Gasteiger partial charge in [-0.05, 0) is 67.9 Å². The summed E-state index contributed by atoms with van der Waals surface area (Å²) in [7, 11) is 0. The van der Waals surface area contributed by atoms with Crippen LogP contribution in [0, 0.1) is 5.92 Å². The van der Waals surface area contributed by atoms with Crippen molar-refractivity contribution in [2.45, 2.75) is 65.1 Å². The van der Waals surface area contributed by atoms with E-state index >= 15 is 0 Å². The van der Waals surface area contributed by atoms with Gasteiger partial charge in [-0.2, -0.15) is 0 Å². The van der Waals surface area contributed by atoms with E-state index in [1.807, 2.05) is 6.92 Å². The first-order valence-electron chi connectivity index (χ1n) is 12.1. The summed E-state index contributed by atoms with van der Waals surface area (Å²) in [4.78, 5) is 29.9. The number of amides is 1. The van der Waals surface area contributed by atoms with E-state index in [-0.39, 0.29) is 30.1 Å². The topological polar surface area (TPSA) is 70.1 Å². The highest BCUT2D eigenvalue weighted by Gasteiger charge is 2.42. The van der Waals surface area contributed by atoms with Crippen LogP contribution in [0.25, 0.3) is 0 Å². The van der Waals surface area contributed by atoms with E-state index in [0.717, 1.165) is 37.8 Å². The number of carboxylic acid groups (broad SMARTS) is 1. The lowest BCUT2D eigenvalue weighted by Gasteiger charge is -2.52. The quantitative estimate of drug-likeness (QED) is 0.622. The molecule has 1 fully saturated rings. The molecule has 2 atom stereocenters. The van der Waals surface area contributed by atoms with Crippen LogP contribution in [0.1, 0.15) is 74.0 Å². The highest BCUT2D eigenvalue weighted by Crippen LogP contribution is 2.44. The fourth-order valence-electron chi connectivity index (χ4n) is 5.29. The molecule has 0 unspecified atom stereocenters. The van der Waals surface area contributed by atoms with Gasteiger partial charge in [-0.15, -0.1) is 0 Å². The number of hydrogen-bond donors (Lipinski definition) is 1. The van der Waals surface area contributed by atoms with Crippen LogP contribution in [-0.4, -0.2) is 41.2 Å². The van der Waals surface area contributed by atoms with E-state index in [1.165, 1.54) is 11.3 Å². The van der Waals surface area contributed by atoms with Crippen molar-refractivity contribution in [2.75, 3.05) is 18.1 Å². The molecular formula is C27H34N2O4. The van der Waals surface area contributed by atoms with Crippen molar-refractivity contribution in [1.29, 1.82) is 0 Å². The van der Waals surface area contributed by atoms with Crippen molar-refractivity contribution < 1.29 is 19.4 Å². The fraction of sp³-hybridized carbons (Fsp3) is 0.481. The lowest BCUT2D eigenvalue weighted by molar-refractivity contribution is -0.137. The minimum absolute atomic E-state index is 0.0395. The maximum absolute atomic E-state index is 13.9. The van der Waals surface area contributed by atoms with Gasteiger partial charge in [-0.1, -0.05) is 38.1 Å². The molecule has 1 amide bonds. The largest absolute Gasteiger partial charge is 0.493 e. The molecule has 0 saturated carbocycles. The van der Waals surface area contributed by atoms with Crippen LogP contribution in [0.2, 0.25) is 0 Å². The van der Waals surface area contributed by atoms with Gasteiger partial charge in [0.15, 0.2) is 0 Å². The van der Waals surface area contributed by atoms with E-state index in [0.29, 0.717) is 18.3 Å². The number of piperidine rings is 1. The van der Waals surface area contributed by atoms with E-state index < -0.39 is 5.97 Å². The number of para-hydroxylation sites is 1. The predicted octanol–water partition coefficient (Wildman–Crippen LogP) is 5.27. The van der Waals surface area contributed by atoms with Crippen LogP contribution in [-0.2, 0) is 11.2 Å². The van der Waals surface area contributed by atoms with Gasteiger partial charge in [0.2, 0.25) is 5.91 Å². The molecule has 0 bridgehead atoms. The maximum atomic E-state index is 13.9. The molecule has 0 aromatic heterocycles. The zero-order chi connectivity index (χ0) is 23.5. The molecule has 0 radical (unpaired) electrons. The summed E-state index contributed by atoms with van der Waals surface area (Å²) >= 11 is 0. The highest BCUT2D eigenvalue weighted by atomic mass is 16.5. The van der Waals surface area contributed by atoms with Crippen molar-refractivity contribution >= 4 is 17.6 Å². The second-order valence-electron chi connectivity index (χ2n) is 9.42. The first kappa shape index (κ1) is 23.1. The zero-order valence-electron chi connectivity index (χ0n) is 19.8. The number of rotatable bonds is 7. The number of hydrogen-bond acceptors (Lipinski definition) is 4.